The fraction of sp³-hybridized carbons (Fsp3) is 0.808. The normalized spacial score (nSPS) is 25.8. The number of imidazole rings is 1. The SMILES string of the molecule is CCCCCCCCCCCCC[C@@H]1C[C@@H](O)n2c(nc3c(ncn3[C@H]3C[C@H](O)[C@@H](CO)O3)c2=O)N1. The zero-order chi connectivity index (χ0) is 25.5. The van der Waals surface area contributed by atoms with Crippen molar-refractivity contribution in [2.24, 2.45) is 0 Å². The van der Waals surface area contributed by atoms with Crippen LogP contribution in [0.1, 0.15) is 109 Å². The van der Waals surface area contributed by atoms with Crippen molar-refractivity contribution in [3.8, 4) is 0 Å². The smallest absolute Gasteiger partial charge is 0.285 e. The highest BCUT2D eigenvalue weighted by atomic mass is 16.5. The van der Waals surface area contributed by atoms with E-state index in [1.807, 2.05) is 0 Å². The summed E-state index contributed by atoms with van der Waals surface area (Å²) < 4.78 is 8.63. The molecule has 0 aliphatic carbocycles. The number of rotatable bonds is 14. The Morgan fingerprint density at radius 1 is 1.03 bits per heavy atom. The van der Waals surface area contributed by atoms with E-state index < -0.39 is 30.2 Å². The van der Waals surface area contributed by atoms with Gasteiger partial charge in [-0.15, -0.1) is 0 Å². The Balaban J connectivity index is 1.30. The second kappa shape index (κ2) is 13.0. The largest absolute Gasteiger partial charge is 0.394 e. The Hall–Kier alpha value is -2.01. The van der Waals surface area contributed by atoms with Crippen molar-refractivity contribution in [2.45, 2.75) is 128 Å². The van der Waals surface area contributed by atoms with E-state index in [4.69, 9.17) is 4.74 Å². The lowest BCUT2D eigenvalue weighted by atomic mass is 10.0. The molecule has 0 saturated carbocycles. The van der Waals surface area contributed by atoms with Crippen molar-refractivity contribution in [1.29, 1.82) is 0 Å². The van der Waals surface area contributed by atoms with Crippen molar-refractivity contribution in [3.63, 3.8) is 0 Å². The molecule has 1 fully saturated rings. The molecule has 10 heteroatoms. The van der Waals surface area contributed by atoms with E-state index in [1.54, 1.807) is 4.57 Å². The Morgan fingerprint density at radius 2 is 1.69 bits per heavy atom. The lowest BCUT2D eigenvalue weighted by Crippen LogP contribution is -2.39. The number of fused-ring (bicyclic) bond motifs is 2. The van der Waals surface area contributed by atoms with Gasteiger partial charge in [-0.25, -0.2) is 9.55 Å². The van der Waals surface area contributed by atoms with Gasteiger partial charge in [0.25, 0.3) is 5.56 Å². The van der Waals surface area contributed by atoms with E-state index in [2.05, 4.69) is 22.2 Å². The van der Waals surface area contributed by atoms with Crippen molar-refractivity contribution < 1.29 is 20.1 Å². The lowest BCUT2D eigenvalue weighted by molar-refractivity contribution is -0.0432. The van der Waals surface area contributed by atoms with Crippen LogP contribution in [0, 0.1) is 0 Å². The monoisotopic (exact) mass is 505 g/mol. The summed E-state index contributed by atoms with van der Waals surface area (Å²) in [7, 11) is 0. The van der Waals surface area contributed by atoms with Gasteiger partial charge < -0.3 is 25.4 Å². The zero-order valence-corrected chi connectivity index (χ0v) is 21.5. The molecule has 2 aromatic heterocycles. The molecule has 10 nitrogen and oxygen atoms in total. The molecular formula is C26H43N5O5. The molecule has 0 aromatic carbocycles. The number of hydrogen-bond donors (Lipinski definition) is 4. The van der Waals surface area contributed by atoms with Gasteiger partial charge in [0.2, 0.25) is 5.95 Å². The van der Waals surface area contributed by atoms with Crippen LogP contribution in [0.25, 0.3) is 11.2 Å². The van der Waals surface area contributed by atoms with Crippen LogP contribution in [-0.2, 0) is 4.74 Å². The highest BCUT2D eigenvalue weighted by molar-refractivity contribution is 5.71. The van der Waals surface area contributed by atoms with Crippen LogP contribution in [0.3, 0.4) is 0 Å². The van der Waals surface area contributed by atoms with Gasteiger partial charge in [0.1, 0.15) is 18.6 Å². The molecular weight excluding hydrogens is 462 g/mol. The van der Waals surface area contributed by atoms with Gasteiger partial charge >= 0.3 is 0 Å². The molecule has 4 N–H and O–H groups in total. The maximum atomic E-state index is 13.1. The topological polar surface area (TPSA) is 135 Å². The molecule has 4 heterocycles. The van der Waals surface area contributed by atoms with Crippen molar-refractivity contribution >= 4 is 17.1 Å². The van der Waals surface area contributed by atoms with E-state index >= 15 is 0 Å². The van der Waals surface area contributed by atoms with Gasteiger partial charge in [0.05, 0.1) is 19.0 Å². The third-order valence-corrected chi connectivity index (χ3v) is 7.61. The lowest BCUT2D eigenvalue weighted by Gasteiger charge is -2.31. The molecule has 202 valence electrons. The van der Waals surface area contributed by atoms with Gasteiger partial charge in [-0.05, 0) is 6.42 Å². The Morgan fingerprint density at radius 3 is 2.33 bits per heavy atom. The molecule has 0 unspecified atom stereocenters. The van der Waals surface area contributed by atoms with Gasteiger partial charge in [0.15, 0.2) is 11.2 Å². The molecule has 2 aromatic rings. The first-order valence-electron chi connectivity index (χ1n) is 13.9. The molecule has 2 aliphatic rings. The molecule has 36 heavy (non-hydrogen) atoms. The van der Waals surface area contributed by atoms with Gasteiger partial charge in [-0.2, -0.15) is 4.98 Å². The highest BCUT2D eigenvalue weighted by Crippen LogP contribution is 2.32. The zero-order valence-electron chi connectivity index (χ0n) is 21.5. The van der Waals surface area contributed by atoms with Crippen LogP contribution in [0.2, 0.25) is 0 Å². The maximum Gasteiger partial charge on any atom is 0.285 e. The molecule has 4 rings (SSSR count). The van der Waals surface area contributed by atoms with Gasteiger partial charge in [0, 0.05) is 18.9 Å². The van der Waals surface area contributed by atoms with Crippen LogP contribution >= 0.6 is 0 Å². The quantitative estimate of drug-likeness (QED) is 0.286. The van der Waals surface area contributed by atoms with Crippen molar-refractivity contribution in [2.75, 3.05) is 11.9 Å². The van der Waals surface area contributed by atoms with E-state index in [9.17, 15) is 20.1 Å². The number of aliphatic hydroxyl groups is 3. The number of aromatic nitrogens is 4. The summed E-state index contributed by atoms with van der Waals surface area (Å²) in [4.78, 5) is 21.9. The average Bonchev–Trinajstić information content (AvgIpc) is 3.45. The first-order chi connectivity index (χ1) is 17.5. The summed E-state index contributed by atoms with van der Waals surface area (Å²) in [5.74, 6) is 0.332. The van der Waals surface area contributed by atoms with Gasteiger partial charge in [-0.3, -0.25) is 9.36 Å². The molecule has 0 spiro atoms. The average molecular weight is 506 g/mol. The third kappa shape index (κ3) is 6.27. The minimum absolute atomic E-state index is 0.0441. The minimum Gasteiger partial charge on any atom is -0.394 e. The summed E-state index contributed by atoms with van der Waals surface area (Å²) in [6.07, 6.45) is 14.3. The van der Waals surface area contributed by atoms with E-state index in [-0.39, 0.29) is 24.6 Å². The molecule has 0 amide bonds. The molecule has 0 bridgehead atoms. The number of ether oxygens (including phenoxy) is 1. The van der Waals surface area contributed by atoms with E-state index in [0.717, 1.165) is 12.8 Å². The number of nitrogens with zero attached hydrogens (tertiary/aromatic N) is 4. The predicted octanol–water partition coefficient (Wildman–Crippen LogP) is 3.61. The van der Waals surface area contributed by atoms with Crippen LogP contribution < -0.4 is 10.9 Å². The Bertz CT molecular complexity index is 1020. The number of anilines is 1. The summed E-state index contributed by atoms with van der Waals surface area (Å²) in [6, 6.07) is 0.0441. The van der Waals surface area contributed by atoms with Gasteiger partial charge in [-0.1, -0.05) is 77.6 Å². The second-order valence-electron chi connectivity index (χ2n) is 10.4. The third-order valence-electron chi connectivity index (χ3n) is 7.61. The fourth-order valence-corrected chi connectivity index (χ4v) is 5.47. The van der Waals surface area contributed by atoms with Crippen LogP contribution in [0.4, 0.5) is 5.95 Å². The number of hydrogen-bond acceptors (Lipinski definition) is 8. The molecule has 5 atom stereocenters. The Labute approximate surface area is 212 Å². The number of aliphatic hydroxyl groups excluding tert-OH is 3. The number of unbranched alkanes of at least 4 members (excludes halogenated alkanes) is 10. The van der Waals surface area contributed by atoms with Crippen LogP contribution in [0.5, 0.6) is 0 Å². The first-order valence-corrected chi connectivity index (χ1v) is 13.9. The van der Waals surface area contributed by atoms with Crippen molar-refractivity contribution in [1.82, 2.24) is 19.1 Å². The second-order valence-corrected chi connectivity index (χ2v) is 10.4. The highest BCUT2D eigenvalue weighted by Gasteiger charge is 2.36. The number of nitrogens with one attached hydrogen (secondary N) is 1. The summed E-state index contributed by atoms with van der Waals surface area (Å²) in [5.41, 5.74) is 0.0881. The standard InChI is InChI=1S/C26H43N5O5/c1-2-3-4-5-6-7-8-9-10-11-12-13-18-14-21(34)31-25(35)23-24(29-26(31)28-18)30(17-27-23)22-15-19(33)20(16-32)36-22/h17-22,32-34H,2-16H2,1H3,(H,28,29)/t18-,19+,20-,21-,22-/m1/s1. The van der Waals surface area contributed by atoms with E-state index in [1.165, 1.54) is 75.1 Å². The van der Waals surface area contributed by atoms with Crippen LogP contribution in [-0.4, -0.2) is 59.3 Å². The van der Waals surface area contributed by atoms with Crippen molar-refractivity contribution in [3.05, 3.63) is 16.7 Å². The predicted molar refractivity (Wildman–Crippen MR) is 138 cm³/mol. The summed E-state index contributed by atoms with van der Waals surface area (Å²) >= 11 is 0. The van der Waals surface area contributed by atoms with E-state index in [0.29, 0.717) is 18.0 Å². The first kappa shape index (κ1) is 27.0. The molecule has 0 radical (unpaired) electrons. The maximum absolute atomic E-state index is 13.1. The summed E-state index contributed by atoms with van der Waals surface area (Å²) in [5, 5.41) is 33.6. The van der Waals surface area contributed by atoms with Crippen LogP contribution in [0.15, 0.2) is 11.1 Å². The molecule has 1 saturated heterocycles. The minimum atomic E-state index is -0.947. The fourth-order valence-electron chi connectivity index (χ4n) is 5.47. The molecule has 2 aliphatic heterocycles. The summed E-state index contributed by atoms with van der Waals surface area (Å²) in [6.45, 7) is 1.96. The Kier molecular flexibility index (Phi) is 9.75.